The molecule has 0 bridgehead atoms. The number of hydrogen-bond acceptors (Lipinski definition) is 3. The van der Waals surface area contributed by atoms with E-state index in [9.17, 15) is 13.5 Å². The van der Waals surface area contributed by atoms with Crippen LogP contribution in [0.15, 0.2) is 0 Å². The van der Waals surface area contributed by atoms with E-state index in [1.54, 1.807) is 20.8 Å². The number of nitrogens with one attached hydrogen (secondary N) is 2. The molecule has 1 saturated carbocycles. The van der Waals surface area contributed by atoms with Crippen molar-refractivity contribution in [1.82, 2.24) is 9.44 Å². The summed E-state index contributed by atoms with van der Waals surface area (Å²) >= 11 is 0. The maximum atomic E-state index is 11.7. The molecule has 0 spiro atoms. The molecule has 1 aliphatic carbocycles. The molecule has 6 heteroatoms. The van der Waals surface area contributed by atoms with Crippen LogP contribution in [-0.4, -0.2) is 31.2 Å². The summed E-state index contributed by atoms with van der Waals surface area (Å²) in [6.07, 6.45) is 4.39. The van der Waals surface area contributed by atoms with Crippen LogP contribution < -0.4 is 9.44 Å². The summed E-state index contributed by atoms with van der Waals surface area (Å²) in [6, 6.07) is 0. The Morgan fingerprint density at radius 3 is 2.18 bits per heavy atom. The Labute approximate surface area is 104 Å². The fourth-order valence-corrected chi connectivity index (χ4v) is 3.39. The van der Waals surface area contributed by atoms with Crippen molar-refractivity contribution in [3.8, 4) is 0 Å². The summed E-state index contributed by atoms with van der Waals surface area (Å²) in [5, 5.41) is 10.2. The molecule has 3 N–H and O–H groups in total. The van der Waals surface area contributed by atoms with Crippen LogP contribution >= 0.6 is 0 Å². The fraction of sp³-hybridized carbons (Fsp3) is 1.00. The molecular weight excluding hydrogens is 240 g/mol. The third-order valence-corrected chi connectivity index (χ3v) is 4.22. The van der Waals surface area contributed by atoms with Gasteiger partial charge in [-0.1, -0.05) is 19.3 Å². The minimum atomic E-state index is -3.54. The maximum Gasteiger partial charge on any atom is 0.277 e. The first-order valence-corrected chi connectivity index (χ1v) is 7.61. The lowest BCUT2D eigenvalue weighted by Gasteiger charge is -2.32. The van der Waals surface area contributed by atoms with Gasteiger partial charge in [-0.05, 0) is 33.6 Å². The molecule has 1 aliphatic rings. The first kappa shape index (κ1) is 14.9. The monoisotopic (exact) mass is 264 g/mol. The van der Waals surface area contributed by atoms with Gasteiger partial charge >= 0.3 is 0 Å². The summed E-state index contributed by atoms with van der Waals surface area (Å²) in [4.78, 5) is 0. The van der Waals surface area contributed by atoms with Crippen molar-refractivity contribution in [2.75, 3.05) is 6.54 Å². The lowest BCUT2D eigenvalue weighted by molar-refractivity contribution is 0.00934. The second-order valence-corrected chi connectivity index (χ2v) is 7.46. The van der Waals surface area contributed by atoms with Gasteiger partial charge in [-0.15, -0.1) is 0 Å². The van der Waals surface area contributed by atoms with E-state index in [0.717, 1.165) is 19.3 Å². The first-order chi connectivity index (χ1) is 7.62. The molecular formula is C11H24N2O3S. The topological polar surface area (TPSA) is 78.4 Å². The second-order valence-electron chi connectivity index (χ2n) is 5.96. The van der Waals surface area contributed by atoms with E-state index in [1.807, 2.05) is 0 Å². The van der Waals surface area contributed by atoms with Gasteiger partial charge in [-0.25, -0.2) is 0 Å². The summed E-state index contributed by atoms with van der Waals surface area (Å²) in [6.45, 7) is 5.43. The van der Waals surface area contributed by atoms with E-state index in [2.05, 4.69) is 9.44 Å². The smallest absolute Gasteiger partial charge is 0.277 e. The van der Waals surface area contributed by atoms with Gasteiger partial charge in [-0.3, -0.25) is 0 Å². The molecule has 0 radical (unpaired) electrons. The summed E-state index contributed by atoms with van der Waals surface area (Å²) < 4.78 is 28.3. The third-order valence-electron chi connectivity index (χ3n) is 2.82. The van der Waals surface area contributed by atoms with Crippen LogP contribution in [0.2, 0.25) is 0 Å². The summed E-state index contributed by atoms with van der Waals surface area (Å²) in [5.74, 6) is 0. The third kappa shape index (κ3) is 5.81. The van der Waals surface area contributed by atoms with E-state index in [4.69, 9.17) is 0 Å². The Kier molecular flexibility index (Phi) is 4.57. The molecule has 0 saturated heterocycles. The van der Waals surface area contributed by atoms with E-state index >= 15 is 0 Å². The van der Waals surface area contributed by atoms with Crippen molar-refractivity contribution >= 4 is 10.2 Å². The molecule has 0 heterocycles. The van der Waals surface area contributed by atoms with Crippen molar-refractivity contribution in [3.63, 3.8) is 0 Å². The van der Waals surface area contributed by atoms with Gasteiger partial charge in [0.05, 0.1) is 5.60 Å². The predicted molar refractivity (Wildman–Crippen MR) is 67.8 cm³/mol. The van der Waals surface area contributed by atoms with Gasteiger partial charge in [0.25, 0.3) is 10.2 Å². The average molecular weight is 264 g/mol. The molecule has 5 nitrogen and oxygen atoms in total. The zero-order valence-electron chi connectivity index (χ0n) is 10.9. The zero-order valence-corrected chi connectivity index (χ0v) is 11.7. The average Bonchev–Trinajstić information content (AvgIpc) is 2.13. The Morgan fingerprint density at radius 2 is 1.71 bits per heavy atom. The van der Waals surface area contributed by atoms with E-state index in [0.29, 0.717) is 12.8 Å². The molecule has 0 aliphatic heterocycles. The molecule has 17 heavy (non-hydrogen) atoms. The molecule has 102 valence electrons. The normalized spacial score (nSPS) is 21.4. The van der Waals surface area contributed by atoms with Crippen LogP contribution in [0.4, 0.5) is 0 Å². The predicted octanol–water partition coefficient (Wildman–Crippen LogP) is 0.904. The molecule has 0 aromatic rings. The van der Waals surface area contributed by atoms with Gasteiger partial charge in [0.15, 0.2) is 0 Å². The van der Waals surface area contributed by atoms with Crippen LogP contribution in [0.25, 0.3) is 0 Å². The summed E-state index contributed by atoms with van der Waals surface area (Å²) in [5.41, 5.74) is -1.38. The molecule has 0 aromatic carbocycles. The van der Waals surface area contributed by atoms with Crippen molar-refractivity contribution < 1.29 is 13.5 Å². The van der Waals surface area contributed by atoms with Crippen LogP contribution in [0.5, 0.6) is 0 Å². The lowest BCUT2D eigenvalue weighted by Crippen LogP contribution is -2.51. The Bertz CT molecular complexity index is 340. The zero-order chi connectivity index (χ0) is 13.2. The molecule has 0 aromatic heterocycles. The quantitative estimate of drug-likeness (QED) is 0.706. The standard InChI is InChI=1S/C11H24N2O3S/c1-10(2,3)13-17(15,16)12-9-11(14)7-5-4-6-8-11/h12-14H,4-9H2,1-3H3. The Hall–Kier alpha value is -0.170. The van der Waals surface area contributed by atoms with E-state index in [-0.39, 0.29) is 6.54 Å². The second kappa shape index (κ2) is 5.22. The van der Waals surface area contributed by atoms with Crippen LogP contribution in [0.1, 0.15) is 52.9 Å². The lowest BCUT2D eigenvalue weighted by atomic mass is 9.85. The largest absolute Gasteiger partial charge is 0.389 e. The van der Waals surface area contributed by atoms with E-state index < -0.39 is 21.3 Å². The number of hydrogen-bond donors (Lipinski definition) is 3. The van der Waals surface area contributed by atoms with Crippen molar-refractivity contribution in [1.29, 1.82) is 0 Å². The Morgan fingerprint density at radius 1 is 1.18 bits per heavy atom. The molecule has 0 atom stereocenters. The van der Waals surface area contributed by atoms with Crippen molar-refractivity contribution in [3.05, 3.63) is 0 Å². The molecule has 0 amide bonds. The molecule has 1 fully saturated rings. The minimum Gasteiger partial charge on any atom is -0.389 e. The van der Waals surface area contributed by atoms with Gasteiger partial charge in [-0.2, -0.15) is 17.9 Å². The number of rotatable bonds is 4. The fourth-order valence-electron chi connectivity index (χ4n) is 2.06. The highest BCUT2D eigenvalue weighted by atomic mass is 32.2. The first-order valence-electron chi connectivity index (χ1n) is 6.13. The maximum absolute atomic E-state index is 11.7. The van der Waals surface area contributed by atoms with Crippen molar-refractivity contribution in [2.45, 2.75) is 64.0 Å². The molecule has 0 unspecified atom stereocenters. The minimum absolute atomic E-state index is 0.0956. The van der Waals surface area contributed by atoms with Gasteiger partial charge in [0.1, 0.15) is 0 Å². The van der Waals surface area contributed by atoms with Gasteiger partial charge in [0, 0.05) is 12.1 Å². The Balaban J connectivity index is 2.49. The molecule has 1 rings (SSSR count). The highest BCUT2D eigenvalue weighted by Gasteiger charge is 2.31. The summed E-state index contributed by atoms with van der Waals surface area (Å²) in [7, 11) is -3.54. The number of aliphatic hydroxyl groups is 1. The SMILES string of the molecule is CC(C)(C)NS(=O)(=O)NCC1(O)CCCCC1. The van der Waals surface area contributed by atoms with Crippen LogP contribution in [-0.2, 0) is 10.2 Å². The van der Waals surface area contributed by atoms with E-state index in [1.165, 1.54) is 0 Å². The highest BCUT2D eigenvalue weighted by molar-refractivity contribution is 7.87. The van der Waals surface area contributed by atoms with Crippen LogP contribution in [0.3, 0.4) is 0 Å². The van der Waals surface area contributed by atoms with Gasteiger partial charge < -0.3 is 5.11 Å². The van der Waals surface area contributed by atoms with Gasteiger partial charge in [0.2, 0.25) is 0 Å². The highest BCUT2D eigenvalue weighted by Crippen LogP contribution is 2.27. The van der Waals surface area contributed by atoms with Crippen LogP contribution in [0, 0.1) is 0 Å². The van der Waals surface area contributed by atoms with Crippen molar-refractivity contribution in [2.24, 2.45) is 0 Å².